The van der Waals surface area contributed by atoms with E-state index in [0.717, 1.165) is 25.2 Å². The van der Waals surface area contributed by atoms with Gasteiger partial charge in [-0.2, -0.15) is 0 Å². The molecule has 5 heteroatoms. The number of benzene rings is 2. The molecule has 0 fully saturated rings. The minimum atomic E-state index is 0.0570. The van der Waals surface area contributed by atoms with Crippen molar-refractivity contribution in [3.05, 3.63) is 64.8 Å². The Labute approximate surface area is 191 Å². The average molecular weight is 445 g/mol. The van der Waals surface area contributed by atoms with Crippen LogP contribution in [0, 0.1) is 13.8 Å². The first-order valence-electron chi connectivity index (χ1n) is 10.5. The minimum absolute atomic E-state index is 0.0570. The van der Waals surface area contributed by atoms with Crippen molar-refractivity contribution in [2.24, 2.45) is 7.05 Å². The fourth-order valence-electron chi connectivity index (χ4n) is 4.24. The number of pyridine rings is 1. The van der Waals surface area contributed by atoms with E-state index in [9.17, 15) is 0 Å². The average Bonchev–Trinajstić information content (AvgIpc) is 3.26. The Morgan fingerprint density at radius 2 is 1.58 bits per heavy atom. The van der Waals surface area contributed by atoms with Gasteiger partial charge in [0.05, 0.1) is 5.01 Å². The molecule has 2 aromatic carbocycles. The third-order valence-corrected chi connectivity index (χ3v) is 7.87. The van der Waals surface area contributed by atoms with Gasteiger partial charge in [-0.3, -0.25) is 0 Å². The van der Waals surface area contributed by atoms with Crippen LogP contribution in [0.5, 0.6) is 0 Å². The van der Waals surface area contributed by atoms with E-state index in [1.165, 1.54) is 33.2 Å². The van der Waals surface area contributed by atoms with Gasteiger partial charge in [-0.05, 0) is 47.2 Å². The summed E-state index contributed by atoms with van der Waals surface area (Å²) in [6.45, 7) is 11.2. The molecule has 0 unspecified atom stereocenters. The first-order valence-corrected chi connectivity index (χ1v) is 12.1. The molecule has 3 aromatic heterocycles. The topological polar surface area (TPSA) is 29.7 Å². The molecule has 3 nitrogen and oxygen atoms in total. The van der Waals surface area contributed by atoms with Crippen molar-refractivity contribution in [2.75, 3.05) is 0 Å². The van der Waals surface area contributed by atoms with Crippen LogP contribution in [0.1, 0.15) is 36.9 Å². The molecule has 5 rings (SSSR count). The quantitative estimate of drug-likeness (QED) is 0.275. The Morgan fingerprint density at radius 1 is 0.871 bits per heavy atom. The molecule has 0 spiro atoms. The van der Waals surface area contributed by atoms with Crippen LogP contribution < -0.4 is 4.57 Å². The van der Waals surface area contributed by atoms with Gasteiger partial charge >= 0.3 is 0 Å². The molecule has 0 amide bonds. The van der Waals surface area contributed by atoms with Crippen LogP contribution >= 0.6 is 22.7 Å². The molecule has 0 bridgehead atoms. The van der Waals surface area contributed by atoms with Crippen LogP contribution in [0.2, 0.25) is 0 Å². The van der Waals surface area contributed by atoms with Gasteiger partial charge < -0.3 is 0 Å². The van der Waals surface area contributed by atoms with Crippen molar-refractivity contribution in [3.63, 3.8) is 0 Å². The Kier molecular flexibility index (Phi) is 4.72. The lowest BCUT2D eigenvalue weighted by Crippen LogP contribution is -2.30. The van der Waals surface area contributed by atoms with Gasteiger partial charge in [0.25, 0.3) is 0 Å². The number of hydrogen-bond donors (Lipinski definition) is 0. The monoisotopic (exact) mass is 444 g/mol. The Morgan fingerprint density at radius 3 is 2.29 bits per heavy atom. The maximum absolute atomic E-state index is 4.86. The lowest BCUT2D eigenvalue weighted by atomic mass is 9.80. The lowest BCUT2D eigenvalue weighted by Gasteiger charge is -2.23. The molecule has 0 atom stereocenters. The second kappa shape index (κ2) is 7.21. The van der Waals surface area contributed by atoms with Crippen molar-refractivity contribution >= 4 is 43.1 Å². The summed E-state index contributed by atoms with van der Waals surface area (Å²) in [7, 11) is 2.12. The highest BCUT2D eigenvalue weighted by molar-refractivity contribution is 7.28. The first kappa shape index (κ1) is 20.3. The fourth-order valence-corrected chi connectivity index (χ4v) is 6.17. The van der Waals surface area contributed by atoms with Gasteiger partial charge in [0.15, 0.2) is 15.9 Å². The third kappa shape index (κ3) is 3.46. The number of fused-ring (bicyclic) bond motifs is 2. The second-order valence-electron chi connectivity index (χ2n) is 9.17. The molecule has 0 aliphatic heterocycles. The van der Waals surface area contributed by atoms with E-state index < -0.39 is 0 Å². The highest BCUT2D eigenvalue weighted by Gasteiger charge is 2.23. The lowest BCUT2D eigenvalue weighted by molar-refractivity contribution is -0.660. The van der Waals surface area contributed by atoms with E-state index in [2.05, 4.69) is 93.0 Å². The molecular weight excluding hydrogens is 418 g/mol. The maximum Gasteiger partial charge on any atom is 0.213 e. The molecule has 31 heavy (non-hydrogen) atoms. The van der Waals surface area contributed by atoms with Crippen molar-refractivity contribution in [1.29, 1.82) is 0 Å². The van der Waals surface area contributed by atoms with E-state index >= 15 is 0 Å². The van der Waals surface area contributed by atoms with E-state index in [1.54, 1.807) is 22.7 Å². The van der Waals surface area contributed by atoms with Crippen molar-refractivity contribution < 1.29 is 4.57 Å². The Bertz CT molecular complexity index is 1420. The van der Waals surface area contributed by atoms with Crippen molar-refractivity contribution in [2.45, 2.75) is 40.0 Å². The predicted octanol–water partition coefficient (Wildman–Crippen LogP) is 6.98. The molecule has 3 heterocycles. The van der Waals surface area contributed by atoms with Crippen molar-refractivity contribution in [3.8, 4) is 21.8 Å². The molecule has 0 saturated carbocycles. The summed E-state index contributed by atoms with van der Waals surface area (Å²) in [5, 5.41) is 4.77. The van der Waals surface area contributed by atoms with Crippen LogP contribution in [0.3, 0.4) is 0 Å². The highest BCUT2D eigenvalue weighted by Crippen LogP contribution is 2.38. The zero-order valence-corrected chi connectivity index (χ0v) is 20.4. The Hall–Kier alpha value is -2.63. The van der Waals surface area contributed by atoms with Crippen LogP contribution in [0.15, 0.2) is 48.7 Å². The molecule has 0 saturated heterocycles. The summed E-state index contributed by atoms with van der Waals surface area (Å²) in [5.41, 5.74) is 6.37. The molecule has 0 aliphatic carbocycles. The van der Waals surface area contributed by atoms with Crippen LogP contribution in [-0.4, -0.2) is 9.97 Å². The van der Waals surface area contributed by atoms with Gasteiger partial charge in [-0.15, -0.1) is 0 Å². The third-order valence-electron chi connectivity index (χ3n) is 5.88. The normalized spacial score (nSPS) is 12.2. The van der Waals surface area contributed by atoms with Crippen LogP contribution in [0.4, 0.5) is 0 Å². The summed E-state index contributed by atoms with van der Waals surface area (Å²) >= 11 is 3.34. The van der Waals surface area contributed by atoms with Gasteiger partial charge in [0, 0.05) is 23.3 Å². The van der Waals surface area contributed by atoms with Gasteiger partial charge in [-0.25, -0.2) is 14.5 Å². The number of aromatic nitrogens is 3. The maximum atomic E-state index is 4.86. The second-order valence-corrected chi connectivity index (χ2v) is 11.3. The zero-order chi connectivity index (χ0) is 21.9. The van der Waals surface area contributed by atoms with Gasteiger partial charge in [-0.1, -0.05) is 67.7 Å². The van der Waals surface area contributed by atoms with Crippen LogP contribution in [-0.2, 0) is 12.5 Å². The zero-order valence-electron chi connectivity index (χ0n) is 18.8. The fraction of sp³-hybridized carbons (Fsp3) is 0.269. The van der Waals surface area contributed by atoms with Gasteiger partial charge in [0.1, 0.15) is 12.1 Å². The first-order chi connectivity index (χ1) is 14.7. The summed E-state index contributed by atoms with van der Waals surface area (Å²) < 4.78 is 2.21. The summed E-state index contributed by atoms with van der Waals surface area (Å²) in [6, 6.07) is 15.6. The number of aryl methyl sites for hydroxylation is 3. The molecule has 0 aliphatic rings. The summed E-state index contributed by atoms with van der Waals surface area (Å²) in [5.74, 6) is 0. The molecular formula is C26H26N3S2+. The number of nitrogens with zero attached hydrogens (tertiary/aromatic N) is 3. The number of rotatable bonds is 2. The van der Waals surface area contributed by atoms with E-state index in [1.807, 2.05) is 6.92 Å². The molecule has 0 N–H and O–H groups in total. The minimum Gasteiger partial charge on any atom is -0.229 e. The number of hydrogen-bond acceptors (Lipinski definition) is 4. The standard InChI is InChI=1S/C26H26N3S2/c1-15-18-9-7-8-10-19(18)21(26(3,4)5)14-20(15)22-13-17(11-12-29(22)6)23-28-25-24(31-23)27-16(2)30-25/h7-14H,1-6H3/q+1. The molecule has 5 aromatic rings. The van der Waals surface area contributed by atoms with E-state index in [0.29, 0.717) is 0 Å². The largest absolute Gasteiger partial charge is 0.229 e. The number of thiazole rings is 2. The predicted molar refractivity (Wildman–Crippen MR) is 133 cm³/mol. The smallest absolute Gasteiger partial charge is 0.213 e. The van der Waals surface area contributed by atoms with Crippen molar-refractivity contribution in [1.82, 2.24) is 9.97 Å². The summed E-state index contributed by atoms with van der Waals surface area (Å²) in [4.78, 5) is 11.5. The SMILES string of the molecule is Cc1nc2sc(-c3cc[n+](C)c(-c4cc(C(C)(C)C)c5ccccc5c4C)c3)nc2s1. The van der Waals surface area contributed by atoms with E-state index in [-0.39, 0.29) is 5.41 Å². The summed E-state index contributed by atoms with van der Waals surface area (Å²) in [6.07, 6.45) is 2.14. The van der Waals surface area contributed by atoms with Crippen LogP contribution in [0.25, 0.3) is 42.3 Å². The molecule has 0 radical (unpaired) electrons. The molecule has 156 valence electrons. The Balaban J connectivity index is 1.74. The van der Waals surface area contributed by atoms with E-state index in [4.69, 9.17) is 4.98 Å². The highest BCUT2D eigenvalue weighted by atomic mass is 32.1. The van der Waals surface area contributed by atoms with Gasteiger partial charge in [0.2, 0.25) is 5.69 Å².